The van der Waals surface area contributed by atoms with Gasteiger partial charge in [0.05, 0.1) is 0 Å². The monoisotopic (exact) mass is 337 g/mol. The summed E-state index contributed by atoms with van der Waals surface area (Å²) in [6.45, 7) is 2.39. The number of hydrogen-bond donors (Lipinski definition) is 2. The van der Waals surface area contributed by atoms with E-state index in [1.165, 1.54) is 38.8 Å². The highest BCUT2D eigenvalue weighted by atomic mass is 35.5. The van der Waals surface area contributed by atoms with Crippen LogP contribution in [-0.2, 0) is 4.79 Å². The lowest BCUT2D eigenvalue weighted by Gasteiger charge is -2.32. The Bertz CT molecular complexity index is 343. The third-order valence-electron chi connectivity index (χ3n) is 5.37. The average Bonchev–Trinajstić information content (AvgIpc) is 2.98. The van der Waals surface area contributed by atoms with Gasteiger partial charge in [-0.2, -0.15) is 0 Å². The molecule has 0 aromatic carbocycles. The van der Waals surface area contributed by atoms with E-state index < -0.39 is 0 Å². The minimum atomic E-state index is 0. The lowest BCUT2D eigenvalue weighted by molar-refractivity contribution is -0.123. The molecule has 2 aliphatic heterocycles. The van der Waals surface area contributed by atoms with Gasteiger partial charge in [0.2, 0.25) is 5.91 Å². The van der Waals surface area contributed by atoms with Crippen LogP contribution in [0.4, 0.5) is 0 Å². The van der Waals surface area contributed by atoms with Crippen LogP contribution < -0.4 is 11.1 Å². The zero-order valence-corrected chi connectivity index (χ0v) is 14.3. The number of amides is 1. The Morgan fingerprint density at radius 3 is 2.57 bits per heavy atom. The zero-order chi connectivity index (χ0) is 13.2. The molecule has 2 unspecified atom stereocenters. The molecule has 0 radical (unpaired) electrons. The van der Waals surface area contributed by atoms with Crippen molar-refractivity contribution in [3.8, 4) is 0 Å². The van der Waals surface area contributed by atoms with Crippen molar-refractivity contribution < 1.29 is 4.79 Å². The fourth-order valence-corrected chi connectivity index (χ4v) is 4.24. The van der Waals surface area contributed by atoms with Crippen molar-refractivity contribution in [1.29, 1.82) is 0 Å². The molecule has 21 heavy (non-hydrogen) atoms. The number of nitrogens with zero attached hydrogens (tertiary/aromatic N) is 1. The molecule has 2 heterocycles. The van der Waals surface area contributed by atoms with Gasteiger partial charge < -0.3 is 11.1 Å². The number of nitrogens with two attached hydrogens (primary N) is 1. The standard InChI is InChI=1S/C15H27N3O.2ClH/c16-12-5-3-4-11(12)10-15(19)17-13-7-9-18-8-2-1-6-14(13)18;;/h11-14H,1-10,16H2,(H,17,19);2*1H/t11-,12+,13?,14?;;/m0../s1. The maximum Gasteiger partial charge on any atom is 0.220 e. The molecule has 0 aromatic heterocycles. The predicted octanol–water partition coefficient (Wildman–Crippen LogP) is 2.09. The van der Waals surface area contributed by atoms with E-state index in [-0.39, 0.29) is 36.8 Å². The molecule has 124 valence electrons. The Morgan fingerprint density at radius 2 is 1.86 bits per heavy atom. The second-order valence-electron chi connectivity index (χ2n) is 6.62. The minimum Gasteiger partial charge on any atom is -0.352 e. The highest BCUT2D eigenvalue weighted by Gasteiger charge is 2.36. The van der Waals surface area contributed by atoms with E-state index in [4.69, 9.17) is 5.73 Å². The maximum atomic E-state index is 12.2. The van der Waals surface area contributed by atoms with Gasteiger partial charge in [0.1, 0.15) is 0 Å². The summed E-state index contributed by atoms with van der Waals surface area (Å²) in [5.74, 6) is 0.656. The molecule has 0 spiro atoms. The van der Waals surface area contributed by atoms with Crippen LogP contribution in [0.5, 0.6) is 0 Å². The topological polar surface area (TPSA) is 58.4 Å². The van der Waals surface area contributed by atoms with Crippen LogP contribution >= 0.6 is 24.8 Å². The molecule has 3 rings (SSSR count). The van der Waals surface area contributed by atoms with Gasteiger partial charge in [-0.15, -0.1) is 24.8 Å². The first-order valence-corrected chi connectivity index (χ1v) is 8.03. The summed E-state index contributed by atoms with van der Waals surface area (Å²) in [6.07, 6.45) is 9.10. The highest BCUT2D eigenvalue weighted by molar-refractivity contribution is 5.85. The molecule has 0 aromatic rings. The zero-order valence-electron chi connectivity index (χ0n) is 12.6. The van der Waals surface area contributed by atoms with Gasteiger partial charge >= 0.3 is 0 Å². The van der Waals surface area contributed by atoms with Crippen molar-refractivity contribution in [2.45, 2.75) is 69.5 Å². The number of fused-ring (bicyclic) bond motifs is 1. The molecule has 1 saturated carbocycles. The maximum absolute atomic E-state index is 12.2. The Morgan fingerprint density at radius 1 is 1.05 bits per heavy atom. The van der Waals surface area contributed by atoms with Crippen molar-refractivity contribution in [1.82, 2.24) is 10.2 Å². The number of rotatable bonds is 3. The summed E-state index contributed by atoms with van der Waals surface area (Å²) >= 11 is 0. The average molecular weight is 338 g/mol. The summed E-state index contributed by atoms with van der Waals surface area (Å²) in [7, 11) is 0. The van der Waals surface area contributed by atoms with Crippen LogP contribution in [0, 0.1) is 5.92 Å². The Labute approximate surface area is 140 Å². The van der Waals surface area contributed by atoms with E-state index in [1.54, 1.807) is 0 Å². The van der Waals surface area contributed by atoms with Gasteiger partial charge in [-0.05, 0) is 44.6 Å². The number of carbonyl (C=O) groups excluding carboxylic acids is 1. The molecule has 0 bridgehead atoms. The smallest absolute Gasteiger partial charge is 0.220 e. The van der Waals surface area contributed by atoms with Crippen LogP contribution in [0.25, 0.3) is 0 Å². The lowest BCUT2D eigenvalue weighted by atomic mass is 9.97. The molecular weight excluding hydrogens is 309 g/mol. The molecule has 3 aliphatic rings. The number of nitrogens with one attached hydrogen (secondary N) is 1. The highest BCUT2D eigenvalue weighted by Crippen LogP contribution is 2.29. The largest absolute Gasteiger partial charge is 0.352 e. The third-order valence-corrected chi connectivity index (χ3v) is 5.37. The van der Waals surface area contributed by atoms with Gasteiger partial charge in [0, 0.05) is 31.1 Å². The van der Waals surface area contributed by atoms with Crippen LogP contribution in [-0.4, -0.2) is 42.0 Å². The Balaban J connectivity index is 0.00000110. The molecular formula is C15H29Cl2N3O. The summed E-state index contributed by atoms with van der Waals surface area (Å²) in [5.41, 5.74) is 6.05. The van der Waals surface area contributed by atoms with E-state index >= 15 is 0 Å². The number of carbonyl (C=O) groups is 1. The van der Waals surface area contributed by atoms with E-state index in [9.17, 15) is 4.79 Å². The van der Waals surface area contributed by atoms with E-state index in [0.29, 0.717) is 24.4 Å². The van der Waals surface area contributed by atoms with Crippen LogP contribution in [0.2, 0.25) is 0 Å². The predicted molar refractivity (Wildman–Crippen MR) is 90.2 cm³/mol. The summed E-state index contributed by atoms with van der Waals surface area (Å²) in [5, 5.41) is 3.29. The lowest BCUT2D eigenvalue weighted by Crippen LogP contribution is -2.47. The molecule has 3 N–H and O–H groups in total. The third kappa shape index (κ3) is 4.47. The van der Waals surface area contributed by atoms with E-state index in [2.05, 4.69) is 10.2 Å². The number of hydrogen-bond acceptors (Lipinski definition) is 3. The summed E-state index contributed by atoms with van der Waals surface area (Å²) in [4.78, 5) is 14.8. The first-order valence-electron chi connectivity index (χ1n) is 8.03. The van der Waals surface area contributed by atoms with Crippen molar-refractivity contribution >= 4 is 30.7 Å². The Kier molecular flexibility index (Phi) is 7.75. The van der Waals surface area contributed by atoms with Gasteiger partial charge in [0.25, 0.3) is 0 Å². The first kappa shape index (κ1) is 19.0. The van der Waals surface area contributed by atoms with Gasteiger partial charge in [0.15, 0.2) is 0 Å². The quantitative estimate of drug-likeness (QED) is 0.828. The molecule has 4 atom stereocenters. The molecule has 6 heteroatoms. The summed E-state index contributed by atoms with van der Waals surface area (Å²) in [6, 6.07) is 1.25. The van der Waals surface area contributed by atoms with Gasteiger partial charge in [-0.1, -0.05) is 12.8 Å². The number of piperidine rings is 1. The van der Waals surface area contributed by atoms with Crippen LogP contribution in [0.3, 0.4) is 0 Å². The molecule has 2 saturated heterocycles. The second-order valence-corrected chi connectivity index (χ2v) is 6.62. The Hall–Kier alpha value is -0.0300. The minimum absolute atomic E-state index is 0. The fourth-order valence-electron chi connectivity index (χ4n) is 4.24. The van der Waals surface area contributed by atoms with Crippen LogP contribution in [0.15, 0.2) is 0 Å². The van der Waals surface area contributed by atoms with Gasteiger partial charge in [-0.25, -0.2) is 0 Å². The van der Waals surface area contributed by atoms with Crippen molar-refractivity contribution in [2.75, 3.05) is 13.1 Å². The van der Waals surface area contributed by atoms with E-state index in [0.717, 1.165) is 19.3 Å². The molecule has 1 aliphatic carbocycles. The normalized spacial score (nSPS) is 35.5. The van der Waals surface area contributed by atoms with E-state index in [1.807, 2.05) is 0 Å². The first-order chi connectivity index (χ1) is 9.24. The molecule has 1 amide bonds. The molecule has 4 nitrogen and oxygen atoms in total. The van der Waals surface area contributed by atoms with Crippen molar-refractivity contribution in [3.63, 3.8) is 0 Å². The van der Waals surface area contributed by atoms with Crippen molar-refractivity contribution in [3.05, 3.63) is 0 Å². The van der Waals surface area contributed by atoms with Crippen LogP contribution in [0.1, 0.15) is 51.4 Å². The van der Waals surface area contributed by atoms with Crippen molar-refractivity contribution in [2.24, 2.45) is 11.7 Å². The SMILES string of the molecule is Cl.Cl.N[C@@H]1CCC[C@H]1CC(=O)NC1CCN2CCCCC12. The molecule has 3 fully saturated rings. The summed E-state index contributed by atoms with van der Waals surface area (Å²) < 4.78 is 0. The second kappa shape index (κ2) is 8.56. The fraction of sp³-hybridized carbons (Fsp3) is 0.933. The number of halogens is 2. The van der Waals surface area contributed by atoms with Gasteiger partial charge in [-0.3, -0.25) is 9.69 Å².